The molecule has 1 amide bonds. The van der Waals surface area contributed by atoms with Crippen molar-refractivity contribution in [3.8, 4) is 0 Å². The number of carboxylic acids is 1. The summed E-state index contributed by atoms with van der Waals surface area (Å²) in [6, 6.07) is 8.21. The molecule has 1 aliphatic rings. The van der Waals surface area contributed by atoms with E-state index in [2.05, 4.69) is 29.0 Å². The van der Waals surface area contributed by atoms with Gasteiger partial charge >= 0.3 is 5.97 Å². The Bertz CT molecular complexity index is 549. The van der Waals surface area contributed by atoms with Gasteiger partial charge in [-0.1, -0.05) is 0 Å². The molecular weight excluding hydrogens is 306 g/mol. The summed E-state index contributed by atoms with van der Waals surface area (Å²) < 4.78 is 0. The van der Waals surface area contributed by atoms with Crippen LogP contribution < -0.4 is 10.2 Å². The van der Waals surface area contributed by atoms with Gasteiger partial charge in [-0.15, -0.1) is 0 Å². The van der Waals surface area contributed by atoms with Gasteiger partial charge in [-0.05, 0) is 44.5 Å². The first-order chi connectivity index (χ1) is 11.5. The summed E-state index contributed by atoms with van der Waals surface area (Å²) >= 11 is 0. The second kappa shape index (κ2) is 8.68. The number of hydrogen-bond acceptors (Lipinski definition) is 4. The lowest BCUT2D eigenvalue weighted by Crippen LogP contribution is -2.48. The lowest BCUT2D eigenvalue weighted by molar-refractivity contribution is -0.137. The molecule has 1 aliphatic heterocycles. The number of hydrogen-bond donors (Lipinski definition) is 2. The molecule has 0 saturated carbocycles. The predicted molar refractivity (Wildman–Crippen MR) is 94.6 cm³/mol. The summed E-state index contributed by atoms with van der Waals surface area (Å²) in [5.41, 5.74) is 1.75. The van der Waals surface area contributed by atoms with E-state index in [0.717, 1.165) is 31.9 Å². The Kier molecular flexibility index (Phi) is 6.61. The molecule has 0 unspecified atom stereocenters. The zero-order valence-corrected chi connectivity index (χ0v) is 14.5. The normalized spacial score (nSPS) is 15.5. The minimum absolute atomic E-state index is 0.0710. The van der Waals surface area contributed by atoms with Crippen molar-refractivity contribution >= 4 is 17.6 Å². The third kappa shape index (κ3) is 5.23. The van der Waals surface area contributed by atoms with Gasteiger partial charge in [-0.25, -0.2) is 0 Å². The number of nitrogens with zero attached hydrogens (tertiary/aromatic N) is 2. The van der Waals surface area contributed by atoms with E-state index in [9.17, 15) is 9.59 Å². The molecule has 1 fully saturated rings. The van der Waals surface area contributed by atoms with Gasteiger partial charge in [0.1, 0.15) is 0 Å². The lowest BCUT2D eigenvalue weighted by atomic mass is 10.1. The van der Waals surface area contributed by atoms with Crippen LogP contribution in [0.25, 0.3) is 0 Å². The number of benzene rings is 1. The number of carboxylic acid groups (broad SMARTS) is 1. The first-order valence-electron chi connectivity index (χ1n) is 8.56. The number of amides is 1. The monoisotopic (exact) mass is 333 g/mol. The van der Waals surface area contributed by atoms with Crippen molar-refractivity contribution in [3.05, 3.63) is 29.8 Å². The number of rotatable bonds is 7. The maximum Gasteiger partial charge on any atom is 0.303 e. The molecule has 0 aliphatic carbocycles. The van der Waals surface area contributed by atoms with Crippen molar-refractivity contribution in [2.24, 2.45) is 0 Å². The third-order valence-electron chi connectivity index (χ3n) is 4.39. The fourth-order valence-electron chi connectivity index (χ4n) is 2.86. The molecule has 0 spiro atoms. The molecule has 2 N–H and O–H groups in total. The van der Waals surface area contributed by atoms with Gasteiger partial charge in [0.25, 0.3) is 5.91 Å². The summed E-state index contributed by atoms with van der Waals surface area (Å²) in [7, 11) is 0. The fourth-order valence-corrected chi connectivity index (χ4v) is 2.86. The van der Waals surface area contributed by atoms with Crippen LogP contribution >= 0.6 is 0 Å². The largest absolute Gasteiger partial charge is 0.481 e. The third-order valence-corrected chi connectivity index (χ3v) is 4.39. The maximum atomic E-state index is 12.0. The molecule has 1 saturated heterocycles. The van der Waals surface area contributed by atoms with Gasteiger partial charge in [-0.3, -0.25) is 14.5 Å². The van der Waals surface area contributed by atoms with Gasteiger partial charge < -0.3 is 15.3 Å². The molecule has 2 rings (SSSR count). The van der Waals surface area contributed by atoms with Crippen molar-refractivity contribution < 1.29 is 14.7 Å². The average molecular weight is 333 g/mol. The molecule has 6 heteroatoms. The smallest absolute Gasteiger partial charge is 0.303 e. The first-order valence-corrected chi connectivity index (χ1v) is 8.56. The molecule has 6 nitrogen and oxygen atoms in total. The van der Waals surface area contributed by atoms with Crippen LogP contribution in [0.5, 0.6) is 0 Å². The van der Waals surface area contributed by atoms with Crippen molar-refractivity contribution in [1.82, 2.24) is 10.2 Å². The Morgan fingerprint density at radius 2 is 1.75 bits per heavy atom. The quantitative estimate of drug-likeness (QED) is 0.745. The molecule has 0 bridgehead atoms. The lowest BCUT2D eigenvalue weighted by Gasteiger charge is -2.38. The van der Waals surface area contributed by atoms with Gasteiger partial charge in [0.15, 0.2) is 0 Å². The minimum atomic E-state index is -0.842. The molecule has 1 aromatic carbocycles. The summed E-state index contributed by atoms with van der Waals surface area (Å²) in [6.07, 6.45) is 0.515. The van der Waals surface area contributed by atoms with E-state index in [1.54, 1.807) is 0 Å². The summed E-state index contributed by atoms with van der Waals surface area (Å²) in [4.78, 5) is 27.3. The molecule has 0 radical (unpaired) electrons. The highest BCUT2D eigenvalue weighted by atomic mass is 16.4. The van der Waals surface area contributed by atoms with E-state index >= 15 is 0 Å². The maximum absolute atomic E-state index is 12.0. The van der Waals surface area contributed by atoms with Crippen LogP contribution in [-0.2, 0) is 4.79 Å². The zero-order valence-electron chi connectivity index (χ0n) is 14.5. The molecular formula is C18H27N3O3. The van der Waals surface area contributed by atoms with Gasteiger partial charge in [-0.2, -0.15) is 0 Å². The van der Waals surface area contributed by atoms with Gasteiger partial charge in [0.05, 0.1) is 0 Å². The first kappa shape index (κ1) is 18.3. The Hall–Kier alpha value is -2.08. The minimum Gasteiger partial charge on any atom is -0.481 e. The Labute approximate surface area is 143 Å². The Morgan fingerprint density at radius 3 is 2.29 bits per heavy atom. The number of nitrogens with one attached hydrogen (secondary N) is 1. The molecule has 132 valence electrons. The summed E-state index contributed by atoms with van der Waals surface area (Å²) in [6.45, 7) is 8.94. The van der Waals surface area contributed by atoms with Crippen LogP contribution in [0, 0.1) is 0 Å². The number of piperazine rings is 1. The van der Waals surface area contributed by atoms with Crippen molar-refractivity contribution in [1.29, 1.82) is 0 Å². The standard InChI is InChI=1S/C18H27N3O3/c1-14(2)20-10-12-21(13-11-20)16-7-5-15(6-8-16)18(24)19-9-3-4-17(22)23/h5-8,14H,3-4,9-13H2,1-2H3,(H,19,24)(H,22,23). The van der Waals surface area contributed by atoms with Crippen LogP contribution in [-0.4, -0.2) is 60.6 Å². The Balaban J connectivity index is 1.82. The van der Waals surface area contributed by atoms with Gasteiger partial charge in [0, 0.05) is 56.4 Å². The van der Waals surface area contributed by atoms with E-state index < -0.39 is 5.97 Å². The van der Waals surface area contributed by atoms with Gasteiger partial charge in [0.2, 0.25) is 0 Å². The highest BCUT2D eigenvalue weighted by Gasteiger charge is 2.19. The van der Waals surface area contributed by atoms with Crippen molar-refractivity contribution in [2.75, 3.05) is 37.6 Å². The van der Waals surface area contributed by atoms with Crippen LogP contribution in [0.1, 0.15) is 37.0 Å². The highest BCUT2D eigenvalue weighted by Crippen LogP contribution is 2.18. The number of carbonyl (C=O) groups is 2. The molecule has 0 atom stereocenters. The molecule has 1 heterocycles. The number of aliphatic carboxylic acids is 1. The van der Waals surface area contributed by atoms with Crippen LogP contribution in [0.15, 0.2) is 24.3 Å². The second-order valence-electron chi connectivity index (χ2n) is 6.42. The fraction of sp³-hybridized carbons (Fsp3) is 0.556. The predicted octanol–water partition coefficient (Wildman–Crippen LogP) is 1.81. The topological polar surface area (TPSA) is 72.9 Å². The van der Waals surface area contributed by atoms with Crippen LogP contribution in [0.2, 0.25) is 0 Å². The van der Waals surface area contributed by atoms with E-state index in [1.165, 1.54) is 0 Å². The van der Waals surface area contributed by atoms with E-state index in [0.29, 0.717) is 24.6 Å². The average Bonchev–Trinajstić information content (AvgIpc) is 2.58. The van der Waals surface area contributed by atoms with Crippen molar-refractivity contribution in [3.63, 3.8) is 0 Å². The molecule has 0 aromatic heterocycles. The van der Waals surface area contributed by atoms with E-state index in [4.69, 9.17) is 5.11 Å². The van der Waals surface area contributed by atoms with Crippen LogP contribution in [0.4, 0.5) is 5.69 Å². The second-order valence-corrected chi connectivity index (χ2v) is 6.42. The molecule has 1 aromatic rings. The van der Waals surface area contributed by atoms with Crippen LogP contribution in [0.3, 0.4) is 0 Å². The van der Waals surface area contributed by atoms with Crippen molar-refractivity contribution in [2.45, 2.75) is 32.7 Å². The summed E-state index contributed by atoms with van der Waals surface area (Å²) in [5.74, 6) is -0.997. The SMILES string of the molecule is CC(C)N1CCN(c2ccc(C(=O)NCCCC(=O)O)cc2)CC1. The molecule has 24 heavy (non-hydrogen) atoms. The number of anilines is 1. The highest BCUT2D eigenvalue weighted by molar-refractivity contribution is 5.94. The zero-order chi connectivity index (χ0) is 17.5. The number of carbonyl (C=O) groups excluding carboxylic acids is 1. The Morgan fingerprint density at radius 1 is 1.12 bits per heavy atom. The van der Waals surface area contributed by atoms with E-state index in [-0.39, 0.29) is 12.3 Å². The summed E-state index contributed by atoms with van der Waals surface area (Å²) in [5, 5.41) is 11.3. The van der Waals surface area contributed by atoms with E-state index in [1.807, 2.05) is 24.3 Å².